The molecule has 0 aliphatic carbocycles. The Morgan fingerprint density at radius 3 is 2.12 bits per heavy atom. The van der Waals surface area contributed by atoms with Gasteiger partial charge < -0.3 is 5.11 Å². The average molecular weight is 230 g/mol. The molecule has 0 amide bonds. The van der Waals surface area contributed by atoms with Crippen LogP contribution in [0, 0.1) is 13.8 Å². The molecule has 16 heavy (non-hydrogen) atoms. The third kappa shape index (κ3) is 2.10. The summed E-state index contributed by atoms with van der Waals surface area (Å²) in [5.41, 5.74) is 4.68. The lowest BCUT2D eigenvalue weighted by Crippen LogP contribution is -1.94. The highest BCUT2D eigenvalue weighted by atomic mass is 31.0. The van der Waals surface area contributed by atoms with Crippen LogP contribution in [0.1, 0.15) is 11.1 Å². The highest BCUT2D eigenvalue weighted by Crippen LogP contribution is 2.29. The van der Waals surface area contributed by atoms with E-state index < -0.39 is 0 Å². The molecule has 0 radical (unpaired) electrons. The number of phenolic OH excluding ortho intramolecular Hbond substituents is 1. The molecule has 0 fully saturated rings. The summed E-state index contributed by atoms with van der Waals surface area (Å²) in [6.45, 7) is 4.15. The fraction of sp³-hybridized carbons (Fsp3) is 0.143. The van der Waals surface area contributed by atoms with Crippen molar-refractivity contribution in [1.29, 1.82) is 0 Å². The predicted molar refractivity (Wildman–Crippen MR) is 72.4 cm³/mol. The van der Waals surface area contributed by atoms with Gasteiger partial charge in [0.25, 0.3) is 0 Å². The van der Waals surface area contributed by atoms with Gasteiger partial charge in [0.15, 0.2) is 0 Å². The summed E-state index contributed by atoms with van der Waals surface area (Å²) in [6, 6.07) is 11.8. The summed E-state index contributed by atoms with van der Waals surface area (Å²) in [6.07, 6.45) is 0. The molecule has 0 aromatic heterocycles. The maximum atomic E-state index is 9.55. The van der Waals surface area contributed by atoms with E-state index in [9.17, 15) is 5.11 Å². The van der Waals surface area contributed by atoms with Gasteiger partial charge in [-0.1, -0.05) is 18.2 Å². The number of hydrogen-bond donors (Lipinski definition) is 1. The van der Waals surface area contributed by atoms with Crippen LogP contribution in [-0.4, -0.2) is 5.11 Å². The molecule has 2 heteroatoms. The van der Waals surface area contributed by atoms with Crippen LogP contribution in [0.15, 0.2) is 36.4 Å². The maximum Gasteiger partial charge on any atom is 0.116 e. The van der Waals surface area contributed by atoms with Crippen LogP contribution >= 0.6 is 9.24 Å². The first-order chi connectivity index (χ1) is 7.58. The molecule has 0 saturated heterocycles. The van der Waals surface area contributed by atoms with Gasteiger partial charge in [-0.25, -0.2) is 0 Å². The number of rotatable bonds is 1. The van der Waals surface area contributed by atoms with Crippen LogP contribution in [0.3, 0.4) is 0 Å². The van der Waals surface area contributed by atoms with Crippen molar-refractivity contribution in [3.05, 3.63) is 47.5 Å². The van der Waals surface area contributed by atoms with Crippen molar-refractivity contribution in [2.45, 2.75) is 13.8 Å². The zero-order valence-electron chi connectivity index (χ0n) is 9.49. The number of aryl methyl sites for hydroxylation is 2. The van der Waals surface area contributed by atoms with E-state index in [-0.39, 0.29) is 0 Å². The molecule has 0 saturated carbocycles. The van der Waals surface area contributed by atoms with Gasteiger partial charge in [0.2, 0.25) is 0 Å². The molecule has 0 aliphatic heterocycles. The van der Waals surface area contributed by atoms with Gasteiger partial charge in [-0.3, -0.25) is 0 Å². The molecule has 0 bridgehead atoms. The first-order valence-electron chi connectivity index (χ1n) is 5.24. The Hall–Kier alpha value is -1.33. The Kier molecular flexibility index (Phi) is 2.98. The van der Waals surface area contributed by atoms with Crippen LogP contribution in [0.4, 0.5) is 0 Å². The first kappa shape index (κ1) is 11.2. The monoisotopic (exact) mass is 230 g/mol. The minimum atomic E-state index is 0.314. The molecule has 82 valence electrons. The Morgan fingerprint density at radius 1 is 0.875 bits per heavy atom. The van der Waals surface area contributed by atoms with E-state index in [1.54, 1.807) is 6.07 Å². The molecule has 2 rings (SSSR count). The van der Waals surface area contributed by atoms with Gasteiger partial charge in [0, 0.05) is 0 Å². The molecule has 0 spiro atoms. The molecule has 1 N–H and O–H groups in total. The summed E-state index contributed by atoms with van der Waals surface area (Å²) in [4.78, 5) is 0. The zero-order chi connectivity index (χ0) is 11.7. The minimum Gasteiger partial charge on any atom is -0.508 e. The molecule has 1 unspecified atom stereocenters. The summed E-state index contributed by atoms with van der Waals surface area (Å²) in [5, 5.41) is 10.7. The van der Waals surface area contributed by atoms with E-state index >= 15 is 0 Å². The molecule has 0 aliphatic rings. The van der Waals surface area contributed by atoms with Crippen molar-refractivity contribution in [3.8, 4) is 16.9 Å². The number of aromatic hydroxyl groups is 1. The van der Waals surface area contributed by atoms with Gasteiger partial charge in [0.1, 0.15) is 5.75 Å². The van der Waals surface area contributed by atoms with Crippen LogP contribution in [0.2, 0.25) is 0 Å². The van der Waals surface area contributed by atoms with Gasteiger partial charge in [-0.2, -0.15) is 0 Å². The third-order valence-electron chi connectivity index (χ3n) is 2.77. The second-order valence-corrected chi connectivity index (χ2v) is 4.74. The van der Waals surface area contributed by atoms with E-state index in [0.717, 1.165) is 10.9 Å². The quantitative estimate of drug-likeness (QED) is 0.746. The summed E-state index contributed by atoms with van der Waals surface area (Å²) >= 11 is 0. The predicted octanol–water partition coefficient (Wildman–Crippen LogP) is 3.18. The fourth-order valence-corrected chi connectivity index (χ4v) is 2.09. The van der Waals surface area contributed by atoms with E-state index in [1.165, 1.54) is 16.7 Å². The Bertz CT molecular complexity index is 483. The van der Waals surface area contributed by atoms with Crippen molar-refractivity contribution in [1.82, 2.24) is 0 Å². The Balaban J connectivity index is 2.66. The molecule has 1 nitrogen and oxygen atoms in total. The highest BCUT2D eigenvalue weighted by Gasteiger charge is 2.06. The molecule has 1 atom stereocenters. The molecular weight excluding hydrogens is 215 g/mol. The SMILES string of the molecule is Cc1ccc(O)cc1-c1cc(P)ccc1C. The van der Waals surface area contributed by atoms with Gasteiger partial charge >= 0.3 is 0 Å². The standard InChI is InChI=1S/C14H15OP/c1-9-3-5-11(15)7-13(9)14-8-12(16)6-4-10(14)2/h3-8,15H,16H2,1-2H3. The summed E-state index contributed by atoms with van der Waals surface area (Å²) in [7, 11) is 2.70. The minimum absolute atomic E-state index is 0.314. The molecular formula is C14H15OP. The second kappa shape index (κ2) is 4.27. The van der Waals surface area contributed by atoms with Gasteiger partial charge in [-0.05, 0) is 59.6 Å². The Labute approximate surface area is 98.3 Å². The zero-order valence-corrected chi connectivity index (χ0v) is 10.6. The van der Waals surface area contributed by atoms with Crippen molar-refractivity contribution in [2.24, 2.45) is 0 Å². The summed E-state index contributed by atoms with van der Waals surface area (Å²) < 4.78 is 0. The molecule has 2 aromatic rings. The topological polar surface area (TPSA) is 20.2 Å². The summed E-state index contributed by atoms with van der Waals surface area (Å²) in [5.74, 6) is 0.314. The number of benzene rings is 2. The fourth-order valence-electron chi connectivity index (χ4n) is 1.83. The average Bonchev–Trinajstić information content (AvgIpc) is 2.25. The van der Waals surface area contributed by atoms with Crippen LogP contribution in [0.25, 0.3) is 11.1 Å². The van der Waals surface area contributed by atoms with E-state index in [4.69, 9.17) is 0 Å². The third-order valence-corrected chi connectivity index (χ3v) is 3.13. The van der Waals surface area contributed by atoms with Crippen LogP contribution in [-0.2, 0) is 0 Å². The van der Waals surface area contributed by atoms with E-state index in [1.807, 2.05) is 12.1 Å². The lowest BCUT2D eigenvalue weighted by atomic mass is 9.96. The van der Waals surface area contributed by atoms with Crippen molar-refractivity contribution >= 4 is 14.5 Å². The van der Waals surface area contributed by atoms with E-state index in [0.29, 0.717) is 5.75 Å². The molecule has 2 aromatic carbocycles. The van der Waals surface area contributed by atoms with Gasteiger partial charge in [-0.15, -0.1) is 9.24 Å². The molecule has 0 heterocycles. The highest BCUT2D eigenvalue weighted by molar-refractivity contribution is 7.27. The first-order valence-corrected chi connectivity index (χ1v) is 5.82. The lowest BCUT2D eigenvalue weighted by Gasteiger charge is -2.10. The normalized spacial score (nSPS) is 10.4. The largest absolute Gasteiger partial charge is 0.508 e. The second-order valence-electron chi connectivity index (χ2n) is 4.07. The van der Waals surface area contributed by atoms with Crippen LogP contribution in [0.5, 0.6) is 5.75 Å². The van der Waals surface area contributed by atoms with Crippen molar-refractivity contribution < 1.29 is 5.11 Å². The Morgan fingerprint density at radius 2 is 1.44 bits per heavy atom. The van der Waals surface area contributed by atoms with Crippen LogP contribution < -0.4 is 5.30 Å². The van der Waals surface area contributed by atoms with Gasteiger partial charge in [0.05, 0.1) is 0 Å². The van der Waals surface area contributed by atoms with Crippen molar-refractivity contribution in [2.75, 3.05) is 0 Å². The maximum absolute atomic E-state index is 9.55. The number of phenols is 1. The smallest absolute Gasteiger partial charge is 0.116 e. The van der Waals surface area contributed by atoms with Crippen molar-refractivity contribution in [3.63, 3.8) is 0 Å². The van der Waals surface area contributed by atoms with E-state index in [2.05, 4.69) is 41.3 Å². The number of hydrogen-bond acceptors (Lipinski definition) is 1. The lowest BCUT2D eigenvalue weighted by molar-refractivity contribution is 0.475.